The van der Waals surface area contributed by atoms with E-state index >= 15 is 0 Å². The predicted octanol–water partition coefficient (Wildman–Crippen LogP) is 3.57. The number of nitrogens with two attached hydrogens (primary N) is 1. The van der Waals surface area contributed by atoms with Gasteiger partial charge in [-0.2, -0.15) is 0 Å². The summed E-state index contributed by atoms with van der Waals surface area (Å²) in [6, 6.07) is 1.15. The Morgan fingerprint density at radius 2 is 1.80 bits per heavy atom. The Morgan fingerprint density at radius 3 is 2.45 bits per heavy atom. The zero-order chi connectivity index (χ0) is 14.6. The molecule has 0 amide bonds. The number of unbranched alkanes of at least 4 members (excludes halogenated alkanes) is 6. The van der Waals surface area contributed by atoms with Gasteiger partial charge in [-0.05, 0) is 12.8 Å². The number of hydrogen-bond donors (Lipinski definition) is 1. The fraction of sp³-hybridized carbons (Fsp3) is 1.00. The van der Waals surface area contributed by atoms with Crippen LogP contribution in [0.3, 0.4) is 0 Å². The van der Waals surface area contributed by atoms with E-state index in [0.29, 0.717) is 12.1 Å². The molecule has 120 valence electrons. The topological polar surface area (TPSA) is 38.5 Å². The van der Waals surface area contributed by atoms with Crippen molar-refractivity contribution in [1.82, 2.24) is 4.90 Å². The molecule has 2 unspecified atom stereocenters. The minimum absolute atomic E-state index is 0.569. The van der Waals surface area contributed by atoms with Crippen LogP contribution in [0.2, 0.25) is 0 Å². The van der Waals surface area contributed by atoms with Gasteiger partial charge in [-0.1, -0.05) is 58.8 Å². The van der Waals surface area contributed by atoms with Crippen molar-refractivity contribution in [3.05, 3.63) is 0 Å². The third-order valence-corrected chi connectivity index (χ3v) is 4.63. The van der Waals surface area contributed by atoms with Gasteiger partial charge < -0.3 is 10.5 Å². The van der Waals surface area contributed by atoms with Gasteiger partial charge in [-0.25, -0.2) is 0 Å². The van der Waals surface area contributed by atoms with Crippen molar-refractivity contribution < 1.29 is 4.74 Å². The first-order valence-electron chi connectivity index (χ1n) is 8.87. The molecule has 1 aliphatic heterocycles. The summed E-state index contributed by atoms with van der Waals surface area (Å²) in [7, 11) is 0. The lowest BCUT2D eigenvalue weighted by Crippen LogP contribution is -2.52. The van der Waals surface area contributed by atoms with Crippen molar-refractivity contribution in [2.75, 3.05) is 26.3 Å². The normalized spacial score (nSPS) is 22.1. The first-order chi connectivity index (χ1) is 9.83. The molecule has 0 aromatic heterocycles. The van der Waals surface area contributed by atoms with Crippen molar-refractivity contribution in [1.29, 1.82) is 0 Å². The van der Waals surface area contributed by atoms with Crippen LogP contribution in [-0.2, 0) is 4.74 Å². The van der Waals surface area contributed by atoms with Gasteiger partial charge >= 0.3 is 0 Å². The van der Waals surface area contributed by atoms with Gasteiger partial charge in [0, 0.05) is 25.2 Å². The Morgan fingerprint density at radius 1 is 1.10 bits per heavy atom. The minimum atomic E-state index is 0.569. The average molecular weight is 284 g/mol. The van der Waals surface area contributed by atoms with Gasteiger partial charge in [0.2, 0.25) is 0 Å². The summed E-state index contributed by atoms with van der Waals surface area (Å²) in [5, 5.41) is 0. The van der Waals surface area contributed by atoms with E-state index in [1.165, 1.54) is 57.8 Å². The molecule has 1 aliphatic rings. The molecule has 0 bridgehead atoms. The molecule has 1 rings (SSSR count). The fourth-order valence-electron chi connectivity index (χ4n) is 3.26. The van der Waals surface area contributed by atoms with E-state index in [-0.39, 0.29) is 0 Å². The van der Waals surface area contributed by atoms with E-state index in [1.807, 2.05) is 0 Å². The molecule has 1 saturated heterocycles. The summed E-state index contributed by atoms with van der Waals surface area (Å²) in [6.07, 6.45) is 12.1. The molecule has 0 aliphatic carbocycles. The van der Waals surface area contributed by atoms with Crippen molar-refractivity contribution in [3.8, 4) is 0 Å². The maximum absolute atomic E-state index is 6.02. The molecule has 20 heavy (non-hydrogen) atoms. The summed E-state index contributed by atoms with van der Waals surface area (Å²) in [5.41, 5.74) is 6.02. The van der Waals surface area contributed by atoms with Gasteiger partial charge in [0.05, 0.1) is 13.2 Å². The van der Waals surface area contributed by atoms with E-state index in [0.717, 1.165) is 26.3 Å². The third-order valence-electron chi connectivity index (χ3n) is 4.63. The highest BCUT2D eigenvalue weighted by atomic mass is 16.5. The Balaban J connectivity index is 2.17. The quantitative estimate of drug-likeness (QED) is 0.590. The van der Waals surface area contributed by atoms with Gasteiger partial charge in [0.1, 0.15) is 0 Å². The third kappa shape index (κ3) is 6.55. The lowest BCUT2D eigenvalue weighted by atomic mass is 10.0. The minimum Gasteiger partial charge on any atom is -0.378 e. The summed E-state index contributed by atoms with van der Waals surface area (Å²) in [4.78, 5) is 2.61. The maximum Gasteiger partial charge on any atom is 0.0622 e. The Bertz CT molecular complexity index is 223. The molecule has 1 heterocycles. The van der Waals surface area contributed by atoms with Crippen LogP contribution < -0.4 is 5.73 Å². The molecule has 2 N–H and O–H groups in total. The molecule has 0 aromatic carbocycles. The van der Waals surface area contributed by atoms with Crippen LogP contribution in [0.25, 0.3) is 0 Å². The zero-order valence-electron chi connectivity index (χ0n) is 13.8. The van der Waals surface area contributed by atoms with Crippen molar-refractivity contribution in [2.45, 2.75) is 83.7 Å². The van der Waals surface area contributed by atoms with Crippen molar-refractivity contribution in [2.24, 2.45) is 5.73 Å². The van der Waals surface area contributed by atoms with Gasteiger partial charge in [0.25, 0.3) is 0 Å². The summed E-state index contributed by atoms with van der Waals surface area (Å²) >= 11 is 0. The van der Waals surface area contributed by atoms with Crippen LogP contribution in [0.4, 0.5) is 0 Å². The SMILES string of the molecule is CCCCCCCCCC(CN)N1CCOCC1CC. The van der Waals surface area contributed by atoms with Crippen LogP contribution in [0, 0.1) is 0 Å². The van der Waals surface area contributed by atoms with Crippen LogP contribution in [0.1, 0.15) is 71.6 Å². The standard InChI is InChI=1S/C17H36N2O/c1-3-5-6-7-8-9-10-11-17(14-18)19-12-13-20-15-16(19)4-2/h16-17H,3-15,18H2,1-2H3. The first-order valence-corrected chi connectivity index (χ1v) is 8.87. The van der Waals surface area contributed by atoms with Crippen LogP contribution in [-0.4, -0.2) is 43.3 Å². The Kier molecular flexibility index (Phi) is 10.3. The molecule has 0 saturated carbocycles. The Labute approximate surface area is 126 Å². The maximum atomic E-state index is 6.02. The number of morpholine rings is 1. The average Bonchev–Trinajstić information content (AvgIpc) is 2.50. The molecular formula is C17H36N2O. The fourth-order valence-corrected chi connectivity index (χ4v) is 3.26. The largest absolute Gasteiger partial charge is 0.378 e. The molecule has 2 atom stereocenters. The molecule has 0 aromatic rings. The first kappa shape index (κ1) is 17.9. The van der Waals surface area contributed by atoms with E-state index in [1.54, 1.807) is 0 Å². The summed E-state index contributed by atoms with van der Waals surface area (Å²) in [5.74, 6) is 0. The highest BCUT2D eigenvalue weighted by Gasteiger charge is 2.26. The van der Waals surface area contributed by atoms with Gasteiger partial charge in [-0.3, -0.25) is 4.90 Å². The van der Waals surface area contributed by atoms with Crippen molar-refractivity contribution in [3.63, 3.8) is 0 Å². The second kappa shape index (κ2) is 11.5. The monoisotopic (exact) mass is 284 g/mol. The van der Waals surface area contributed by atoms with E-state index in [4.69, 9.17) is 10.5 Å². The summed E-state index contributed by atoms with van der Waals surface area (Å²) in [6.45, 7) is 8.17. The summed E-state index contributed by atoms with van der Waals surface area (Å²) < 4.78 is 5.60. The van der Waals surface area contributed by atoms with Gasteiger partial charge in [-0.15, -0.1) is 0 Å². The zero-order valence-corrected chi connectivity index (χ0v) is 13.8. The lowest BCUT2D eigenvalue weighted by molar-refractivity contribution is -0.0302. The van der Waals surface area contributed by atoms with Crippen LogP contribution >= 0.6 is 0 Å². The van der Waals surface area contributed by atoms with Gasteiger partial charge in [0.15, 0.2) is 0 Å². The lowest BCUT2D eigenvalue weighted by Gasteiger charge is -2.40. The predicted molar refractivity (Wildman–Crippen MR) is 87.1 cm³/mol. The molecule has 0 radical (unpaired) electrons. The number of ether oxygens (including phenoxy) is 1. The van der Waals surface area contributed by atoms with Crippen molar-refractivity contribution >= 4 is 0 Å². The number of nitrogens with zero attached hydrogens (tertiary/aromatic N) is 1. The second-order valence-electron chi connectivity index (χ2n) is 6.17. The molecule has 3 heteroatoms. The smallest absolute Gasteiger partial charge is 0.0622 e. The second-order valence-corrected chi connectivity index (χ2v) is 6.17. The highest BCUT2D eigenvalue weighted by molar-refractivity contribution is 4.81. The molecule has 1 fully saturated rings. The number of rotatable bonds is 11. The highest BCUT2D eigenvalue weighted by Crippen LogP contribution is 2.18. The molecule has 0 spiro atoms. The van der Waals surface area contributed by atoms with Crippen LogP contribution in [0.5, 0.6) is 0 Å². The Hall–Kier alpha value is -0.120. The van der Waals surface area contributed by atoms with Crippen LogP contribution in [0.15, 0.2) is 0 Å². The van der Waals surface area contributed by atoms with E-state index < -0.39 is 0 Å². The molecular weight excluding hydrogens is 248 g/mol. The molecule has 3 nitrogen and oxygen atoms in total. The number of hydrogen-bond acceptors (Lipinski definition) is 3. The van der Waals surface area contributed by atoms with E-state index in [2.05, 4.69) is 18.7 Å². The van der Waals surface area contributed by atoms with E-state index in [9.17, 15) is 0 Å².